The average molecular weight is 717 g/mol. The molecule has 0 fully saturated rings. The Balaban J connectivity index is 1.47. The van der Waals surface area contributed by atoms with Crippen molar-refractivity contribution in [2.45, 2.75) is 55.4 Å². The van der Waals surface area contributed by atoms with Crippen LogP contribution in [0.1, 0.15) is 44.5 Å². The summed E-state index contributed by atoms with van der Waals surface area (Å²) in [6, 6.07) is 46.9. The van der Waals surface area contributed by atoms with E-state index in [0.29, 0.717) is 0 Å². The molecule has 0 atom stereocenters. The molecule has 0 aliphatic carbocycles. The molecule has 0 heterocycles. The summed E-state index contributed by atoms with van der Waals surface area (Å²) in [5.74, 6) is 0. The van der Waals surface area contributed by atoms with E-state index < -0.39 is 0 Å². The van der Waals surface area contributed by atoms with Crippen LogP contribution in [0.5, 0.6) is 0 Å². The molecule has 56 heavy (non-hydrogen) atoms. The van der Waals surface area contributed by atoms with E-state index in [4.69, 9.17) is 0 Å². The van der Waals surface area contributed by atoms with Crippen LogP contribution < -0.4 is 0 Å². The van der Waals surface area contributed by atoms with Crippen molar-refractivity contribution in [3.63, 3.8) is 0 Å². The lowest BCUT2D eigenvalue weighted by Gasteiger charge is -2.27. The maximum absolute atomic E-state index is 2.53. The standard InChI is InChI=1S/C56H44/c1-29-13-9-14-30(2)47(29)43-25-37-26-44(48-31(3)15-10-16-32(48)4)41-23-24-42-46(50-35(7)19-12-20-36(50)8)28-38-27-45(49-33(5)17-11-18-34(49)6)40-22-21-39(43)53-51(37)55(41)56(42)52(38)54(40)53/h9-28H,1-8H3. The molecule has 0 spiro atoms. The van der Waals surface area contributed by atoms with Crippen LogP contribution in [0.4, 0.5) is 0 Å². The number of benzene rings is 11. The normalized spacial score (nSPS) is 12.3. The van der Waals surface area contributed by atoms with Gasteiger partial charge < -0.3 is 0 Å². The molecule has 11 rings (SSSR count). The van der Waals surface area contributed by atoms with Crippen molar-refractivity contribution >= 4 is 64.6 Å². The predicted molar refractivity (Wildman–Crippen MR) is 245 cm³/mol. The van der Waals surface area contributed by atoms with Crippen LogP contribution in [0, 0.1) is 55.4 Å². The van der Waals surface area contributed by atoms with Gasteiger partial charge in [-0.15, -0.1) is 0 Å². The molecular formula is C56H44. The van der Waals surface area contributed by atoms with Gasteiger partial charge in [-0.1, -0.05) is 97.1 Å². The number of aryl methyl sites for hydroxylation is 8. The molecule has 268 valence electrons. The van der Waals surface area contributed by atoms with Crippen LogP contribution >= 0.6 is 0 Å². The topological polar surface area (TPSA) is 0 Å². The van der Waals surface area contributed by atoms with Gasteiger partial charge >= 0.3 is 0 Å². The Hall–Kier alpha value is -6.24. The maximum Gasteiger partial charge on any atom is -0.000739 e. The fourth-order valence-corrected chi connectivity index (χ4v) is 11.1. The van der Waals surface area contributed by atoms with Gasteiger partial charge in [0.15, 0.2) is 0 Å². The van der Waals surface area contributed by atoms with E-state index in [1.165, 1.54) is 154 Å². The van der Waals surface area contributed by atoms with Crippen LogP contribution in [0.25, 0.3) is 109 Å². The minimum Gasteiger partial charge on any atom is -0.0617 e. The molecule has 0 bridgehead atoms. The molecule has 0 saturated carbocycles. The zero-order valence-corrected chi connectivity index (χ0v) is 33.5. The van der Waals surface area contributed by atoms with E-state index in [1.807, 2.05) is 0 Å². The highest BCUT2D eigenvalue weighted by atomic mass is 14.3. The molecule has 0 nitrogen and oxygen atoms in total. The summed E-state index contributed by atoms with van der Waals surface area (Å²) in [5, 5.41) is 16.3. The molecule has 0 heteroatoms. The summed E-state index contributed by atoms with van der Waals surface area (Å²) in [4.78, 5) is 0. The Morgan fingerprint density at radius 3 is 0.625 bits per heavy atom. The van der Waals surface area contributed by atoms with Crippen LogP contribution in [0.2, 0.25) is 0 Å². The highest BCUT2D eigenvalue weighted by Crippen LogP contribution is 2.56. The third kappa shape index (κ3) is 4.30. The van der Waals surface area contributed by atoms with Gasteiger partial charge in [0.05, 0.1) is 0 Å². The molecule has 11 aromatic rings. The largest absolute Gasteiger partial charge is 0.0617 e. The van der Waals surface area contributed by atoms with E-state index in [0.717, 1.165) is 0 Å². The first-order valence-electron chi connectivity index (χ1n) is 20.1. The Kier molecular flexibility index (Phi) is 6.88. The average Bonchev–Trinajstić information content (AvgIpc) is 3.17. The van der Waals surface area contributed by atoms with Crippen molar-refractivity contribution in [1.29, 1.82) is 0 Å². The van der Waals surface area contributed by atoms with Crippen molar-refractivity contribution < 1.29 is 0 Å². The fraction of sp³-hybridized carbons (Fsp3) is 0.143. The number of hydrogen-bond acceptors (Lipinski definition) is 0. The highest BCUT2D eigenvalue weighted by molar-refractivity contribution is 6.48. The minimum atomic E-state index is 1.31. The van der Waals surface area contributed by atoms with Gasteiger partial charge in [0.2, 0.25) is 0 Å². The molecule has 0 saturated heterocycles. The van der Waals surface area contributed by atoms with Gasteiger partial charge in [-0.25, -0.2) is 0 Å². The summed E-state index contributed by atoms with van der Waals surface area (Å²) in [7, 11) is 0. The molecule has 11 aromatic carbocycles. The lowest BCUT2D eigenvalue weighted by atomic mass is 9.75. The lowest BCUT2D eigenvalue weighted by molar-refractivity contribution is 1.38. The zero-order valence-electron chi connectivity index (χ0n) is 33.5. The first-order valence-corrected chi connectivity index (χ1v) is 20.1. The number of hydrogen-bond donors (Lipinski definition) is 0. The van der Waals surface area contributed by atoms with Crippen molar-refractivity contribution in [1.82, 2.24) is 0 Å². The zero-order chi connectivity index (χ0) is 38.3. The molecule has 0 aliphatic heterocycles. The molecule has 0 aliphatic rings. The number of rotatable bonds is 4. The lowest BCUT2D eigenvalue weighted by Crippen LogP contribution is -2.00. The van der Waals surface area contributed by atoms with Gasteiger partial charge in [-0.3, -0.25) is 0 Å². The monoisotopic (exact) mass is 716 g/mol. The summed E-state index contributed by atoms with van der Waals surface area (Å²) >= 11 is 0. The highest BCUT2D eigenvalue weighted by Gasteiger charge is 2.28. The Bertz CT molecular complexity index is 2890. The first-order chi connectivity index (χ1) is 27.1. The summed E-state index contributed by atoms with van der Waals surface area (Å²) in [5.41, 5.74) is 21.2. The van der Waals surface area contributed by atoms with E-state index in [-0.39, 0.29) is 0 Å². The van der Waals surface area contributed by atoms with Crippen molar-refractivity contribution in [3.05, 3.63) is 166 Å². The third-order valence-electron chi connectivity index (χ3n) is 13.3. The van der Waals surface area contributed by atoms with Gasteiger partial charge in [0, 0.05) is 0 Å². The first kappa shape index (κ1) is 33.1. The maximum atomic E-state index is 2.53. The predicted octanol–water partition coefficient (Wildman–Crippen LogP) is 16.1. The van der Waals surface area contributed by atoms with E-state index in [1.54, 1.807) is 0 Å². The Morgan fingerprint density at radius 2 is 0.429 bits per heavy atom. The van der Waals surface area contributed by atoms with Crippen molar-refractivity contribution in [3.8, 4) is 44.5 Å². The van der Waals surface area contributed by atoms with Crippen LogP contribution in [-0.2, 0) is 0 Å². The van der Waals surface area contributed by atoms with Crippen LogP contribution in [0.15, 0.2) is 121 Å². The third-order valence-corrected chi connectivity index (χ3v) is 13.3. The Labute approximate surface area is 329 Å². The fourth-order valence-electron chi connectivity index (χ4n) is 11.1. The second-order valence-electron chi connectivity index (χ2n) is 16.8. The molecule has 0 N–H and O–H groups in total. The van der Waals surface area contributed by atoms with Crippen LogP contribution in [-0.4, -0.2) is 0 Å². The summed E-state index contributed by atoms with van der Waals surface area (Å²) in [6.45, 7) is 18.2. The Morgan fingerprint density at radius 1 is 0.232 bits per heavy atom. The van der Waals surface area contributed by atoms with Gasteiger partial charge in [0.25, 0.3) is 0 Å². The van der Waals surface area contributed by atoms with Gasteiger partial charge in [-0.05, 0) is 233 Å². The van der Waals surface area contributed by atoms with Crippen LogP contribution in [0.3, 0.4) is 0 Å². The second kappa shape index (κ2) is 11.6. The molecular weight excluding hydrogens is 673 g/mol. The van der Waals surface area contributed by atoms with E-state index in [2.05, 4.69) is 177 Å². The summed E-state index contributed by atoms with van der Waals surface area (Å²) < 4.78 is 0. The molecule has 0 unspecified atom stereocenters. The second-order valence-corrected chi connectivity index (χ2v) is 16.8. The van der Waals surface area contributed by atoms with E-state index in [9.17, 15) is 0 Å². The smallest absolute Gasteiger partial charge is 0.000739 e. The quantitative estimate of drug-likeness (QED) is 0.126. The molecule has 0 radical (unpaired) electrons. The van der Waals surface area contributed by atoms with Crippen molar-refractivity contribution in [2.75, 3.05) is 0 Å². The van der Waals surface area contributed by atoms with Gasteiger partial charge in [0.1, 0.15) is 0 Å². The van der Waals surface area contributed by atoms with E-state index >= 15 is 0 Å². The minimum absolute atomic E-state index is 1.31. The van der Waals surface area contributed by atoms with Gasteiger partial charge in [-0.2, -0.15) is 0 Å². The molecule has 0 amide bonds. The van der Waals surface area contributed by atoms with Crippen molar-refractivity contribution in [2.24, 2.45) is 0 Å². The molecule has 0 aromatic heterocycles. The summed E-state index contributed by atoms with van der Waals surface area (Å²) in [6.07, 6.45) is 0. The SMILES string of the molecule is Cc1cccc(C)c1-c1cc2cc(-c3c(C)cccc3C)c3ccc4c(-c5c(C)cccc5C)cc5cc(-c6c(C)cccc6C)c6ccc1c1c2c3c4c5c61.